The first-order valence-electron chi connectivity index (χ1n) is 8.09. The average Bonchev–Trinajstić information content (AvgIpc) is 2.56. The molecule has 3 rings (SSSR count). The van der Waals surface area contributed by atoms with Crippen molar-refractivity contribution in [3.05, 3.63) is 47.3 Å². The van der Waals surface area contributed by atoms with E-state index in [1.165, 1.54) is 25.6 Å². The maximum Gasteiger partial charge on any atom is 0.257 e. The maximum absolute atomic E-state index is 12.4. The number of hydrogen-bond acceptors (Lipinski definition) is 4. The molecule has 1 saturated heterocycles. The quantitative estimate of drug-likeness (QED) is 0.944. The number of anilines is 2. The molecule has 5 heteroatoms. The number of carbonyl (C=O) groups is 1. The Kier molecular flexibility index (Phi) is 4.55. The van der Waals surface area contributed by atoms with Gasteiger partial charge in [-0.15, -0.1) is 0 Å². The molecule has 1 amide bonds. The monoisotopic (exact) mass is 310 g/mol. The van der Waals surface area contributed by atoms with Gasteiger partial charge in [0.25, 0.3) is 5.91 Å². The zero-order chi connectivity index (χ0) is 16.2. The number of hydrogen-bond donors (Lipinski definition) is 1. The summed E-state index contributed by atoms with van der Waals surface area (Å²) in [5.74, 6) is 1.30. The second kappa shape index (κ2) is 6.77. The first-order valence-corrected chi connectivity index (χ1v) is 8.09. The molecule has 23 heavy (non-hydrogen) atoms. The van der Waals surface area contributed by atoms with Gasteiger partial charge in [-0.25, -0.2) is 9.97 Å². The Bertz CT molecular complexity index is 708. The molecule has 1 aromatic heterocycles. The normalized spacial score (nSPS) is 14.6. The summed E-state index contributed by atoms with van der Waals surface area (Å²) in [6.45, 7) is 5.99. The van der Waals surface area contributed by atoms with Gasteiger partial charge in [0, 0.05) is 24.7 Å². The van der Waals surface area contributed by atoms with Crippen molar-refractivity contribution in [3.63, 3.8) is 0 Å². The fraction of sp³-hybridized carbons (Fsp3) is 0.389. The topological polar surface area (TPSA) is 58.1 Å². The number of amides is 1. The van der Waals surface area contributed by atoms with E-state index in [0.29, 0.717) is 11.4 Å². The summed E-state index contributed by atoms with van der Waals surface area (Å²) in [4.78, 5) is 23.2. The molecule has 1 aliphatic rings. The number of aromatic nitrogens is 2. The molecule has 0 bridgehead atoms. The summed E-state index contributed by atoms with van der Waals surface area (Å²) in [7, 11) is 0. The molecule has 2 aromatic rings. The molecule has 2 heterocycles. The highest BCUT2D eigenvalue weighted by Gasteiger charge is 2.14. The molecule has 0 unspecified atom stereocenters. The molecule has 120 valence electrons. The number of piperidine rings is 1. The van der Waals surface area contributed by atoms with Crippen molar-refractivity contribution in [3.8, 4) is 0 Å². The average molecular weight is 310 g/mol. The SMILES string of the molecule is Cc1ccc(C(=O)Nc2cc(N3CCCCC3)ncn2)c(C)c1. The van der Waals surface area contributed by atoms with Gasteiger partial charge in [0.1, 0.15) is 18.0 Å². The lowest BCUT2D eigenvalue weighted by Crippen LogP contribution is -2.30. The standard InChI is InChI=1S/C18H22N4O/c1-13-6-7-15(14(2)10-13)18(23)21-16-11-17(20-12-19-16)22-8-4-3-5-9-22/h6-7,10-12H,3-5,8-9H2,1-2H3,(H,19,20,21,23). The molecule has 0 aliphatic carbocycles. The second-order valence-corrected chi connectivity index (χ2v) is 6.08. The minimum absolute atomic E-state index is 0.134. The van der Waals surface area contributed by atoms with Crippen LogP contribution in [0.15, 0.2) is 30.6 Å². The molecule has 1 N–H and O–H groups in total. The van der Waals surface area contributed by atoms with Gasteiger partial charge in [0.2, 0.25) is 0 Å². The van der Waals surface area contributed by atoms with Crippen LogP contribution >= 0.6 is 0 Å². The van der Waals surface area contributed by atoms with Crippen LogP contribution in [-0.2, 0) is 0 Å². The third-order valence-corrected chi connectivity index (χ3v) is 4.20. The van der Waals surface area contributed by atoms with Crippen LogP contribution in [-0.4, -0.2) is 29.0 Å². The van der Waals surface area contributed by atoms with Crippen LogP contribution in [0.25, 0.3) is 0 Å². The Morgan fingerprint density at radius 1 is 1.09 bits per heavy atom. The van der Waals surface area contributed by atoms with Crippen LogP contribution in [0, 0.1) is 13.8 Å². The minimum Gasteiger partial charge on any atom is -0.356 e. The molecule has 1 aromatic carbocycles. The molecule has 5 nitrogen and oxygen atoms in total. The third kappa shape index (κ3) is 3.67. The summed E-state index contributed by atoms with van der Waals surface area (Å²) < 4.78 is 0. The molecule has 0 spiro atoms. The lowest BCUT2D eigenvalue weighted by Gasteiger charge is -2.27. The van der Waals surface area contributed by atoms with Gasteiger partial charge in [0.05, 0.1) is 0 Å². The lowest BCUT2D eigenvalue weighted by molar-refractivity contribution is 0.102. The molecule has 0 radical (unpaired) electrons. The van der Waals surface area contributed by atoms with E-state index in [9.17, 15) is 4.79 Å². The largest absolute Gasteiger partial charge is 0.356 e. The van der Waals surface area contributed by atoms with E-state index in [4.69, 9.17) is 0 Å². The van der Waals surface area contributed by atoms with Crippen LogP contribution in [0.5, 0.6) is 0 Å². The minimum atomic E-state index is -0.134. The zero-order valence-electron chi connectivity index (χ0n) is 13.7. The van der Waals surface area contributed by atoms with Crippen LogP contribution in [0.2, 0.25) is 0 Å². The van der Waals surface area contributed by atoms with Crippen molar-refractivity contribution >= 4 is 17.5 Å². The zero-order valence-corrected chi connectivity index (χ0v) is 13.7. The number of nitrogens with one attached hydrogen (secondary N) is 1. The Labute approximate surface area is 136 Å². The predicted octanol–water partition coefficient (Wildman–Crippen LogP) is 3.34. The van der Waals surface area contributed by atoms with Crippen molar-refractivity contribution < 1.29 is 4.79 Å². The van der Waals surface area contributed by atoms with Crippen LogP contribution < -0.4 is 10.2 Å². The van der Waals surface area contributed by atoms with Crippen molar-refractivity contribution in [1.82, 2.24) is 9.97 Å². The van der Waals surface area contributed by atoms with Crippen LogP contribution in [0.3, 0.4) is 0 Å². The number of aryl methyl sites for hydroxylation is 2. The Morgan fingerprint density at radius 3 is 2.61 bits per heavy atom. The fourth-order valence-electron chi connectivity index (χ4n) is 2.96. The summed E-state index contributed by atoms with van der Waals surface area (Å²) in [5, 5.41) is 2.88. The van der Waals surface area contributed by atoms with Crippen molar-refractivity contribution in [1.29, 1.82) is 0 Å². The maximum atomic E-state index is 12.4. The highest BCUT2D eigenvalue weighted by Crippen LogP contribution is 2.20. The van der Waals surface area contributed by atoms with Gasteiger partial charge in [-0.05, 0) is 44.7 Å². The number of rotatable bonds is 3. The molecule has 0 saturated carbocycles. The van der Waals surface area contributed by atoms with E-state index in [-0.39, 0.29) is 5.91 Å². The highest BCUT2D eigenvalue weighted by atomic mass is 16.1. The van der Waals surface area contributed by atoms with Gasteiger partial charge in [-0.3, -0.25) is 4.79 Å². The van der Waals surface area contributed by atoms with E-state index in [1.54, 1.807) is 0 Å². The summed E-state index contributed by atoms with van der Waals surface area (Å²) in [6.07, 6.45) is 5.17. The Hall–Kier alpha value is -2.43. The first-order chi connectivity index (χ1) is 11.1. The second-order valence-electron chi connectivity index (χ2n) is 6.08. The number of benzene rings is 1. The Morgan fingerprint density at radius 2 is 1.87 bits per heavy atom. The Balaban J connectivity index is 1.75. The molecule has 0 atom stereocenters. The number of carbonyl (C=O) groups excluding carboxylic acids is 1. The molecular formula is C18H22N4O. The van der Waals surface area contributed by atoms with Crippen molar-refractivity contribution in [2.45, 2.75) is 33.1 Å². The number of nitrogens with zero attached hydrogens (tertiary/aromatic N) is 3. The van der Waals surface area contributed by atoms with Crippen molar-refractivity contribution in [2.24, 2.45) is 0 Å². The summed E-state index contributed by atoms with van der Waals surface area (Å²) in [6, 6.07) is 7.66. The van der Waals surface area contributed by atoms with E-state index in [0.717, 1.165) is 30.0 Å². The van der Waals surface area contributed by atoms with Gasteiger partial charge in [-0.1, -0.05) is 17.7 Å². The van der Waals surface area contributed by atoms with Gasteiger partial charge >= 0.3 is 0 Å². The third-order valence-electron chi connectivity index (χ3n) is 4.20. The van der Waals surface area contributed by atoms with Gasteiger partial charge < -0.3 is 10.2 Å². The summed E-state index contributed by atoms with van der Waals surface area (Å²) in [5.41, 5.74) is 2.79. The van der Waals surface area contributed by atoms with Crippen LogP contribution in [0.4, 0.5) is 11.6 Å². The smallest absolute Gasteiger partial charge is 0.257 e. The molecule has 1 aliphatic heterocycles. The van der Waals surface area contributed by atoms with Gasteiger partial charge in [0.15, 0.2) is 0 Å². The van der Waals surface area contributed by atoms with E-state index >= 15 is 0 Å². The van der Waals surface area contributed by atoms with Gasteiger partial charge in [-0.2, -0.15) is 0 Å². The molecule has 1 fully saturated rings. The lowest BCUT2D eigenvalue weighted by atomic mass is 10.1. The van der Waals surface area contributed by atoms with E-state index < -0.39 is 0 Å². The molecular weight excluding hydrogens is 288 g/mol. The fourth-order valence-corrected chi connectivity index (χ4v) is 2.96. The highest BCUT2D eigenvalue weighted by molar-refractivity contribution is 6.04. The van der Waals surface area contributed by atoms with Crippen molar-refractivity contribution in [2.75, 3.05) is 23.3 Å². The first kappa shape index (κ1) is 15.5. The summed E-state index contributed by atoms with van der Waals surface area (Å²) >= 11 is 0. The van der Waals surface area contributed by atoms with E-state index in [2.05, 4.69) is 20.2 Å². The van der Waals surface area contributed by atoms with Crippen LogP contribution in [0.1, 0.15) is 40.7 Å². The predicted molar refractivity (Wildman–Crippen MR) is 92.0 cm³/mol. The van der Waals surface area contributed by atoms with E-state index in [1.807, 2.05) is 38.1 Å².